The summed E-state index contributed by atoms with van der Waals surface area (Å²) in [7, 11) is 0. The van der Waals surface area contributed by atoms with Crippen molar-refractivity contribution in [2.24, 2.45) is 0 Å². The van der Waals surface area contributed by atoms with Gasteiger partial charge in [-0.3, -0.25) is 9.59 Å². The zero-order valence-electron chi connectivity index (χ0n) is 22.3. The smallest absolute Gasteiger partial charge is 0.453 e. The van der Waals surface area contributed by atoms with Crippen LogP contribution in [0.4, 0.5) is 33.6 Å². The van der Waals surface area contributed by atoms with Gasteiger partial charge in [-0.05, 0) is 19.1 Å². The van der Waals surface area contributed by atoms with Gasteiger partial charge in [-0.1, -0.05) is 13.8 Å². The molecule has 0 unspecified atom stereocenters. The van der Waals surface area contributed by atoms with E-state index in [-0.39, 0.29) is 46.2 Å². The predicted molar refractivity (Wildman–Crippen MR) is 141 cm³/mol. The predicted octanol–water partition coefficient (Wildman–Crippen LogP) is 4.53. The molecule has 1 atom stereocenters. The van der Waals surface area contributed by atoms with E-state index < -0.39 is 47.8 Å². The van der Waals surface area contributed by atoms with Gasteiger partial charge in [0.15, 0.2) is 11.5 Å². The molecule has 42 heavy (non-hydrogen) atoms. The average molecular weight is 611 g/mol. The second-order valence-corrected chi connectivity index (χ2v) is 11.5. The van der Waals surface area contributed by atoms with E-state index in [4.69, 9.17) is 5.73 Å². The van der Waals surface area contributed by atoms with E-state index in [2.05, 4.69) is 30.4 Å². The van der Waals surface area contributed by atoms with Crippen LogP contribution in [0, 0.1) is 0 Å². The number of aryl methyl sites for hydroxylation is 1. The Morgan fingerprint density at radius 1 is 1.19 bits per heavy atom. The Bertz CT molecular complexity index is 1730. The number of nitrogens with one attached hydrogen (secondary N) is 1. The Hall–Kier alpha value is -4.28. The number of hydrogen-bond acceptors (Lipinski definition) is 9. The van der Waals surface area contributed by atoms with Crippen LogP contribution in [0.25, 0.3) is 22.6 Å². The molecule has 0 radical (unpaired) electrons. The number of anilines is 2. The summed E-state index contributed by atoms with van der Waals surface area (Å²) in [5, 5.41) is 18.4. The quantitative estimate of drug-likeness (QED) is 0.244. The van der Waals surface area contributed by atoms with Crippen LogP contribution in [0.15, 0.2) is 23.7 Å². The molecule has 0 bridgehead atoms. The number of nitrogens with two attached hydrogens (primary N) is 1. The number of hydrogen-bond donors (Lipinski definition) is 3. The number of carboxylic acid groups (broad SMARTS) is 1. The Kier molecular flexibility index (Phi) is 6.71. The lowest BCUT2D eigenvalue weighted by Crippen LogP contribution is -2.37. The van der Waals surface area contributed by atoms with Gasteiger partial charge >= 0.3 is 18.1 Å². The monoisotopic (exact) mass is 610 g/mol. The van der Waals surface area contributed by atoms with E-state index in [0.717, 1.165) is 16.0 Å². The second-order valence-electron chi connectivity index (χ2n) is 10.6. The van der Waals surface area contributed by atoms with Crippen LogP contribution in [-0.4, -0.2) is 58.8 Å². The maximum atomic E-state index is 13.6. The van der Waals surface area contributed by atoms with Gasteiger partial charge < -0.3 is 16.2 Å². The van der Waals surface area contributed by atoms with Crippen molar-refractivity contribution in [2.45, 2.75) is 63.1 Å². The molecule has 0 spiro atoms. The van der Waals surface area contributed by atoms with Gasteiger partial charge in [0, 0.05) is 30.0 Å². The molecule has 0 saturated carbocycles. The van der Waals surface area contributed by atoms with Crippen LogP contribution in [0.1, 0.15) is 49.9 Å². The van der Waals surface area contributed by atoms with E-state index in [1.165, 1.54) is 18.3 Å². The zero-order valence-corrected chi connectivity index (χ0v) is 23.1. The van der Waals surface area contributed by atoms with Crippen molar-refractivity contribution in [1.82, 2.24) is 29.7 Å². The highest BCUT2D eigenvalue weighted by Crippen LogP contribution is 2.47. The van der Waals surface area contributed by atoms with Crippen molar-refractivity contribution in [1.29, 1.82) is 0 Å². The summed E-state index contributed by atoms with van der Waals surface area (Å²) >= 11 is 1.15. The first-order valence-electron chi connectivity index (χ1n) is 12.4. The standard InChI is InChI=1S/C25H23F5N8O3S/c1-22(2,9-13(39)40)12-10-42-21(33-12)23(3)14-16(31)34-18(35-17(14)36-20(23)41)15-11-5-4-7-32-19(11)38(37-15)8-6-24(26,27)25(28,29)30/h4-5,7,10H,6,8-9H2,1-3H3,(H,39,40)(H3,31,34,35,36,41)/t23-/m0/s1. The summed E-state index contributed by atoms with van der Waals surface area (Å²) in [6.45, 7) is 4.21. The number of aliphatic carboxylic acids is 1. The number of pyridine rings is 1. The van der Waals surface area contributed by atoms with Gasteiger partial charge in [-0.25, -0.2) is 24.6 Å². The molecule has 17 heteroatoms. The van der Waals surface area contributed by atoms with Crippen LogP contribution in [-0.2, 0) is 27.0 Å². The van der Waals surface area contributed by atoms with E-state index >= 15 is 0 Å². The first-order chi connectivity index (χ1) is 19.5. The number of nitrogens with zero attached hydrogens (tertiary/aromatic N) is 6. The van der Waals surface area contributed by atoms with Gasteiger partial charge in [0.2, 0.25) is 5.91 Å². The summed E-state index contributed by atoms with van der Waals surface area (Å²) in [6.07, 6.45) is -6.15. The normalized spacial score (nSPS) is 17.5. The number of thiazole rings is 1. The molecule has 4 aromatic heterocycles. The molecule has 0 aromatic carbocycles. The molecular formula is C25H23F5N8O3S. The van der Waals surface area contributed by atoms with Crippen molar-refractivity contribution < 1.29 is 36.6 Å². The maximum absolute atomic E-state index is 13.6. The number of amides is 1. The van der Waals surface area contributed by atoms with Crippen LogP contribution in [0.3, 0.4) is 0 Å². The molecule has 0 fully saturated rings. The first kappa shape index (κ1) is 29.2. The van der Waals surface area contributed by atoms with Crippen LogP contribution >= 0.6 is 11.3 Å². The maximum Gasteiger partial charge on any atom is 0.453 e. The minimum Gasteiger partial charge on any atom is -0.481 e. The zero-order chi connectivity index (χ0) is 30.8. The van der Waals surface area contributed by atoms with E-state index in [9.17, 15) is 36.6 Å². The van der Waals surface area contributed by atoms with Gasteiger partial charge in [0.25, 0.3) is 0 Å². The fourth-order valence-corrected chi connectivity index (χ4v) is 5.90. The second kappa shape index (κ2) is 9.64. The molecule has 1 amide bonds. The minimum absolute atomic E-state index is 0.0118. The number of fused-ring (bicyclic) bond motifs is 2. The molecular weight excluding hydrogens is 587 g/mol. The van der Waals surface area contributed by atoms with Gasteiger partial charge in [-0.15, -0.1) is 11.3 Å². The molecule has 11 nitrogen and oxygen atoms in total. The molecule has 222 valence electrons. The third-order valence-electron chi connectivity index (χ3n) is 7.11. The lowest BCUT2D eigenvalue weighted by Gasteiger charge is -2.22. The molecule has 4 N–H and O–H groups in total. The summed E-state index contributed by atoms with van der Waals surface area (Å²) in [4.78, 5) is 42.0. The van der Waals surface area contributed by atoms with Crippen LogP contribution in [0.5, 0.6) is 0 Å². The number of nitrogen functional groups attached to an aromatic ring is 1. The first-order valence-corrected chi connectivity index (χ1v) is 13.3. The Morgan fingerprint density at radius 3 is 2.57 bits per heavy atom. The summed E-state index contributed by atoms with van der Waals surface area (Å²) in [5.41, 5.74) is 4.83. The van der Waals surface area contributed by atoms with Crippen molar-refractivity contribution in [2.75, 3.05) is 11.1 Å². The average Bonchev–Trinajstić information content (AvgIpc) is 3.58. The van der Waals surface area contributed by atoms with Gasteiger partial charge in [-0.2, -0.15) is 27.1 Å². The Labute approximate surface area is 238 Å². The van der Waals surface area contributed by atoms with Crippen molar-refractivity contribution in [3.63, 3.8) is 0 Å². The lowest BCUT2D eigenvalue weighted by molar-refractivity contribution is -0.285. The highest BCUT2D eigenvalue weighted by atomic mass is 32.1. The molecule has 0 aliphatic carbocycles. The SMILES string of the molecule is CC(C)(CC(=O)O)c1csc([C@]2(C)C(=O)Nc3nc(-c4nn(CCC(F)(F)C(F)(F)F)c5ncccc45)nc(N)c32)n1. The van der Waals surface area contributed by atoms with Gasteiger partial charge in [0.1, 0.15) is 27.8 Å². The largest absolute Gasteiger partial charge is 0.481 e. The highest BCUT2D eigenvalue weighted by molar-refractivity contribution is 7.10. The van der Waals surface area contributed by atoms with Crippen molar-refractivity contribution >= 4 is 45.9 Å². The van der Waals surface area contributed by atoms with Crippen LogP contribution in [0.2, 0.25) is 0 Å². The number of rotatable bonds is 8. The third-order valence-corrected chi connectivity index (χ3v) is 8.18. The third kappa shape index (κ3) is 4.70. The molecule has 5 heterocycles. The fraction of sp³-hybridized carbons (Fsp3) is 0.400. The van der Waals surface area contributed by atoms with Crippen LogP contribution < -0.4 is 11.1 Å². The van der Waals surface area contributed by atoms with E-state index in [1.54, 1.807) is 26.2 Å². The topological polar surface area (TPSA) is 162 Å². The summed E-state index contributed by atoms with van der Waals surface area (Å²) in [6, 6.07) is 3.04. The highest BCUT2D eigenvalue weighted by Gasteiger charge is 2.57. The number of aromatic nitrogens is 6. The summed E-state index contributed by atoms with van der Waals surface area (Å²) in [5.74, 6) is -6.65. The number of alkyl halides is 5. The number of carboxylic acids is 1. The number of carbonyl (C=O) groups excluding carboxylic acids is 1. The molecule has 4 aromatic rings. The molecule has 1 aliphatic rings. The van der Waals surface area contributed by atoms with Crippen molar-refractivity contribution in [3.8, 4) is 11.5 Å². The molecule has 1 aliphatic heterocycles. The fourth-order valence-electron chi connectivity index (χ4n) is 4.72. The van der Waals surface area contributed by atoms with Crippen molar-refractivity contribution in [3.05, 3.63) is 40.0 Å². The Balaban J connectivity index is 1.54. The minimum atomic E-state index is -5.72. The van der Waals surface area contributed by atoms with Gasteiger partial charge in [0.05, 0.1) is 23.1 Å². The van der Waals surface area contributed by atoms with E-state index in [1.807, 2.05) is 0 Å². The number of carbonyl (C=O) groups is 2. The number of halogens is 5. The van der Waals surface area contributed by atoms with E-state index in [0.29, 0.717) is 10.7 Å². The Morgan fingerprint density at radius 2 is 1.90 bits per heavy atom. The summed E-state index contributed by atoms with van der Waals surface area (Å²) < 4.78 is 66.3. The molecule has 5 rings (SSSR count). The lowest BCUT2D eigenvalue weighted by atomic mass is 9.84. The molecule has 0 saturated heterocycles.